The van der Waals surface area contributed by atoms with Crippen LogP contribution >= 0.6 is 0 Å². The Morgan fingerprint density at radius 1 is 1.44 bits per heavy atom. The molecule has 0 aliphatic carbocycles. The van der Waals surface area contributed by atoms with E-state index in [1.54, 1.807) is 18.2 Å². The highest BCUT2D eigenvalue weighted by atomic mass is 32.2. The second-order valence-electron chi connectivity index (χ2n) is 4.19. The molecule has 0 saturated carbocycles. The number of anilines is 2. The van der Waals surface area contributed by atoms with Crippen molar-refractivity contribution >= 4 is 27.1 Å². The number of amides is 1. The minimum atomic E-state index is -3.12. The van der Waals surface area contributed by atoms with Crippen LogP contribution in [-0.4, -0.2) is 39.5 Å². The van der Waals surface area contributed by atoms with E-state index in [0.717, 1.165) is 6.26 Å². The first-order chi connectivity index (χ1) is 8.37. The first-order valence-corrected chi connectivity index (χ1v) is 7.43. The van der Waals surface area contributed by atoms with Crippen molar-refractivity contribution in [1.82, 2.24) is 0 Å². The van der Waals surface area contributed by atoms with Crippen LogP contribution in [0.5, 0.6) is 5.75 Å². The second-order valence-corrected chi connectivity index (χ2v) is 6.45. The lowest BCUT2D eigenvalue weighted by Gasteiger charge is -2.29. The van der Waals surface area contributed by atoms with Gasteiger partial charge >= 0.3 is 0 Å². The molecule has 6 nitrogen and oxygen atoms in total. The highest BCUT2D eigenvalue weighted by Crippen LogP contribution is 2.33. The molecule has 1 aromatic rings. The lowest BCUT2D eigenvalue weighted by Crippen LogP contribution is -2.41. The summed E-state index contributed by atoms with van der Waals surface area (Å²) >= 11 is 0. The summed E-state index contributed by atoms with van der Waals surface area (Å²) in [7, 11) is -3.12. The Labute approximate surface area is 105 Å². The van der Waals surface area contributed by atoms with Crippen molar-refractivity contribution in [2.75, 3.05) is 35.8 Å². The largest absolute Gasteiger partial charge is 0.481 e. The maximum atomic E-state index is 11.7. The van der Waals surface area contributed by atoms with Crippen molar-refractivity contribution in [1.29, 1.82) is 0 Å². The number of sulfone groups is 1. The third-order valence-electron chi connectivity index (χ3n) is 2.61. The van der Waals surface area contributed by atoms with Gasteiger partial charge in [0.15, 0.2) is 6.61 Å². The number of carbonyl (C=O) groups is 1. The van der Waals surface area contributed by atoms with Crippen LogP contribution in [0.25, 0.3) is 0 Å². The summed E-state index contributed by atoms with van der Waals surface area (Å²) in [6.45, 7) is 0.0260. The average Bonchev–Trinajstić information content (AvgIpc) is 2.26. The van der Waals surface area contributed by atoms with Gasteiger partial charge < -0.3 is 15.4 Å². The van der Waals surface area contributed by atoms with Crippen LogP contribution in [0.2, 0.25) is 0 Å². The minimum Gasteiger partial charge on any atom is -0.481 e. The molecule has 0 saturated heterocycles. The first-order valence-electron chi connectivity index (χ1n) is 5.37. The molecule has 98 valence electrons. The van der Waals surface area contributed by atoms with Crippen LogP contribution in [0.3, 0.4) is 0 Å². The van der Waals surface area contributed by atoms with Crippen molar-refractivity contribution in [3.8, 4) is 5.75 Å². The third-order valence-corrected chi connectivity index (χ3v) is 3.54. The number of rotatable bonds is 3. The van der Waals surface area contributed by atoms with Crippen LogP contribution < -0.4 is 15.4 Å². The molecular weight excluding hydrogens is 256 g/mol. The van der Waals surface area contributed by atoms with Crippen LogP contribution in [0, 0.1) is 0 Å². The molecule has 1 heterocycles. The predicted octanol–water partition coefficient (Wildman–Crippen LogP) is 0.0388. The Morgan fingerprint density at radius 3 is 2.83 bits per heavy atom. The Hall–Kier alpha value is -1.76. The average molecular weight is 270 g/mol. The van der Waals surface area contributed by atoms with Crippen LogP contribution in [0.4, 0.5) is 11.4 Å². The van der Waals surface area contributed by atoms with E-state index in [2.05, 4.69) is 0 Å². The van der Waals surface area contributed by atoms with Gasteiger partial charge in [-0.25, -0.2) is 8.42 Å². The van der Waals surface area contributed by atoms with Gasteiger partial charge in [0, 0.05) is 24.6 Å². The highest BCUT2D eigenvalue weighted by molar-refractivity contribution is 7.90. The molecule has 1 aromatic carbocycles. The molecule has 18 heavy (non-hydrogen) atoms. The van der Waals surface area contributed by atoms with Gasteiger partial charge in [0.25, 0.3) is 5.91 Å². The van der Waals surface area contributed by atoms with Gasteiger partial charge in [0.05, 0.1) is 11.4 Å². The van der Waals surface area contributed by atoms with Gasteiger partial charge in [0.2, 0.25) is 0 Å². The Balaban J connectivity index is 2.28. The second kappa shape index (κ2) is 4.49. The maximum absolute atomic E-state index is 11.7. The molecule has 2 N–H and O–H groups in total. The number of carbonyl (C=O) groups excluding carboxylic acids is 1. The zero-order valence-electron chi connectivity index (χ0n) is 9.92. The summed E-state index contributed by atoms with van der Waals surface area (Å²) in [4.78, 5) is 13.1. The summed E-state index contributed by atoms with van der Waals surface area (Å²) in [5, 5.41) is 0. The van der Waals surface area contributed by atoms with Crippen molar-refractivity contribution < 1.29 is 17.9 Å². The van der Waals surface area contributed by atoms with Crippen LogP contribution in [0.15, 0.2) is 18.2 Å². The van der Waals surface area contributed by atoms with Crippen molar-refractivity contribution in [3.63, 3.8) is 0 Å². The van der Waals surface area contributed by atoms with Crippen LogP contribution in [-0.2, 0) is 14.6 Å². The van der Waals surface area contributed by atoms with E-state index in [1.165, 1.54) is 4.90 Å². The van der Waals surface area contributed by atoms with Gasteiger partial charge in [-0.2, -0.15) is 0 Å². The normalized spacial score (nSPS) is 15.2. The number of fused-ring (bicyclic) bond motifs is 1. The first kappa shape index (κ1) is 12.7. The van der Waals surface area contributed by atoms with Crippen molar-refractivity contribution in [3.05, 3.63) is 18.2 Å². The number of hydrogen-bond acceptors (Lipinski definition) is 5. The zero-order valence-corrected chi connectivity index (χ0v) is 10.7. The summed E-state index contributed by atoms with van der Waals surface area (Å²) in [6.07, 6.45) is 1.14. The molecule has 0 fully saturated rings. The molecule has 1 aliphatic heterocycles. The molecule has 2 rings (SSSR count). The number of nitrogens with zero attached hydrogens (tertiary/aromatic N) is 1. The number of benzene rings is 1. The maximum Gasteiger partial charge on any atom is 0.265 e. The molecule has 1 aliphatic rings. The van der Waals surface area contributed by atoms with Gasteiger partial charge in [-0.05, 0) is 12.1 Å². The molecule has 0 radical (unpaired) electrons. The van der Waals surface area contributed by atoms with Crippen molar-refractivity contribution in [2.24, 2.45) is 0 Å². The SMILES string of the molecule is CS(=O)(=O)CCN1C(=O)COc2cc(N)ccc21. The van der Waals surface area contributed by atoms with Gasteiger partial charge in [0.1, 0.15) is 15.6 Å². The Kier molecular flexibility index (Phi) is 3.16. The van der Waals surface area contributed by atoms with E-state index in [4.69, 9.17) is 10.5 Å². The van der Waals surface area contributed by atoms with E-state index in [0.29, 0.717) is 17.1 Å². The molecule has 0 bridgehead atoms. The predicted molar refractivity (Wildman–Crippen MR) is 68.4 cm³/mol. The molecule has 0 aromatic heterocycles. The minimum absolute atomic E-state index is 0.0808. The Bertz CT molecular complexity index is 583. The molecule has 1 amide bonds. The van der Waals surface area contributed by atoms with Crippen LogP contribution in [0.1, 0.15) is 0 Å². The number of nitrogens with two attached hydrogens (primary N) is 1. The lowest BCUT2D eigenvalue weighted by atomic mass is 10.2. The molecule has 0 atom stereocenters. The Morgan fingerprint density at radius 2 is 2.17 bits per heavy atom. The summed E-state index contributed by atoms with van der Waals surface area (Å²) in [6, 6.07) is 4.92. The van der Waals surface area contributed by atoms with Gasteiger partial charge in [-0.15, -0.1) is 0 Å². The highest BCUT2D eigenvalue weighted by Gasteiger charge is 2.26. The topological polar surface area (TPSA) is 89.7 Å². The molecule has 7 heteroatoms. The fraction of sp³-hybridized carbons (Fsp3) is 0.364. The summed E-state index contributed by atoms with van der Waals surface area (Å²) < 4.78 is 27.6. The van der Waals surface area contributed by atoms with E-state index in [-0.39, 0.29) is 24.8 Å². The summed E-state index contributed by atoms with van der Waals surface area (Å²) in [5.74, 6) is 0.168. The zero-order chi connectivity index (χ0) is 13.3. The third kappa shape index (κ3) is 2.73. The summed E-state index contributed by atoms with van der Waals surface area (Å²) in [5.41, 5.74) is 6.72. The number of ether oxygens (including phenoxy) is 1. The number of hydrogen-bond donors (Lipinski definition) is 1. The monoisotopic (exact) mass is 270 g/mol. The standard InChI is InChI=1S/C11H14N2O4S/c1-18(15,16)5-4-13-9-3-2-8(12)6-10(9)17-7-11(13)14/h2-3,6H,4-5,7,12H2,1H3. The van der Waals surface area contributed by atoms with E-state index < -0.39 is 9.84 Å². The molecular formula is C11H14N2O4S. The number of nitrogen functional groups attached to an aromatic ring is 1. The van der Waals surface area contributed by atoms with Gasteiger partial charge in [-0.1, -0.05) is 0 Å². The van der Waals surface area contributed by atoms with E-state index in [1.807, 2.05) is 0 Å². The lowest BCUT2D eigenvalue weighted by molar-refractivity contribution is -0.121. The quantitative estimate of drug-likeness (QED) is 0.783. The van der Waals surface area contributed by atoms with Crippen molar-refractivity contribution in [2.45, 2.75) is 0 Å². The fourth-order valence-electron chi connectivity index (χ4n) is 1.72. The van der Waals surface area contributed by atoms with E-state index >= 15 is 0 Å². The fourth-order valence-corrected chi connectivity index (χ4v) is 2.24. The van der Waals surface area contributed by atoms with E-state index in [9.17, 15) is 13.2 Å². The molecule has 0 spiro atoms. The van der Waals surface area contributed by atoms with Gasteiger partial charge in [-0.3, -0.25) is 4.79 Å². The smallest absolute Gasteiger partial charge is 0.265 e. The molecule has 0 unspecified atom stereocenters.